The molecule has 0 aromatic heterocycles. The Balaban J connectivity index is 1.94. The molecule has 0 aliphatic heterocycles. The molecule has 2 atom stereocenters. The number of Topliss-reactive ketones (excluding diaryl/α,β-unsaturated/α-hetero) is 1. The molecule has 0 amide bonds. The highest BCUT2D eigenvalue weighted by molar-refractivity contribution is 9.10. The highest BCUT2D eigenvalue weighted by Gasteiger charge is 2.41. The summed E-state index contributed by atoms with van der Waals surface area (Å²) in [6.45, 7) is 0. The minimum absolute atomic E-state index is 0.0681. The van der Waals surface area contributed by atoms with Crippen molar-refractivity contribution in [1.29, 1.82) is 0 Å². The van der Waals surface area contributed by atoms with Crippen LogP contribution in [0.3, 0.4) is 0 Å². The molecule has 0 saturated carbocycles. The van der Waals surface area contributed by atoms with Gasteiger partial charge in [-0.05, 0) is 34.9 Å². The van der Waals surface area contributed by atoms with E-state index in [9.17, 15) is 4.79 Å². The first-order valence-electron chi connectivity index (χ1n) is 7.69. The maximum Gasteiger partial charge on any atom is 0.171 e. The lowest BCUT2D eigenvalue weighted by Gasteiger charge is -2.20. The SMILES string of the molecule is O=C1c2ccc(Br)cc2C(c2ccccc2)C1c1ccccc1. The number of fused-ring (bicyclic) bond motifs is 1. The van der Waals surface area contributed by atoms with Crippen molar-refractivity contribution < 1.29 is 4.79 Å². The molecule has 3 aromatic carbocycles. The predicted molar refractivity (Wildman–Crippen MR) is 95.9 cm³/mol. The first-order valence-corrected chi connectivity index (χ1v) is 8.48. The number of benzene rings is 3. The van der Waals surface area contributed by atoms with Crippen molar-refractivity contribution in [1.82, 2.24) is 0 Å². The fourth-order valence-corrected chi connectivity index (χ4v) is 3.93. The molecule has 0 spiro atoms. The van der Waals surface area contributed by atoms with E-state index >= 15 is 0 Å². The summed E-state index contributed by atoms with van der Waals surface area (Å²) in [4.78, 5) is 13.1. The Kier molecular flexibility index (Phi) is 3.62. The maximum atomic E-state index is 13.1. The van der Waals surface area contributed by atoms with E-state index in [1.54, 1.807) is 0 Å². The Morgan fingerprint density at radius 2 is 1.26 bits per heavy atom. The third-order valence-electron chi connectivity index (χ3n) is 4.55. The summed E-state index contributed by atoms with van der Waals surface area (Å²) in [7, 11) is 0. The summed E-state index contributed by atoms with van der Waals surface area (Å²) in [6, 6.07) is 26.4. The predicted octanol–water partition coefficient (Wildman–Crippen LogP) is 5.56. The van der Waals surface area contributed by atoms with Gasteiger partial charge in [0.15, 0.2) is 5.78 Å². The van der Waals surface area contributed by atoms with Gasteiger partial charge in [0, 0.05) is 16.0 Å². The minimum Gasteiger partial charge on any atom is -0.293 e. The highest BCUT2D eigenvalue weighted by Crippen LogP contribution is 2.48. The molecule has 2 unspecified atom stereocenters. The van der Waals surface area contributed by atoms with Crippen molar-refractivity contribution in [2.24, 2.45) is 0 Å². The Labute approximate surface area is 144 Å². The van der Waals surface area contributed by atoms with Crippen LogP contribution in [0, 0.1) is 0 Å². The van der Waals surface area contributed by atoms with E-state index in [4.69, 9.17) is 0 Å². The van der Waals surface area contributed by atoms with Crippen molar-refractivity contribution >= 4 is 21.7 Å². The number of hydrogen-bond acceptors (Lipinski definition) is 1. The van der Waals surface area contributed by atoms with Crippen LogP contribution in [-0.4, -0.2) is 5.78 Å². The molecule has 0 saturated heterocycles. The fraction of sp³-hybridized carbons (Fsp3) is 0.0952. The Bertz CT molecular complexity index is 856. The van der Waals surface area contributed by atoms with Crippen molar-refractivity contribution in [2.45, 2.75) is 11.8 Å². The molecule has 0 bridgehead atoms. The topological polar surface area (TPSA) is 17.1 Å². The van der Waals surface area contributed by atoms with E-state index in [2.05, 4.69) is 46.3 Å². The quantitative estimate of drug-likeness (QED) is 0.583. The number of halogens is 1. The monoisotopic (exact) mass is 362 g/mol. The summed E-state index contributed by atoms with van der Waals surface area (Å²) < 4.78 is 1.01. The zero-order valence-corrected chi connectivity index (χ0v) is 14.0. The van der Waals surface area contributed by atoms with Crippen LogP contribution in [0.1, 0.15) is 38.9 Å². The number of carbonyl (C=O) groups is 1. The molecule has 0 N–H and O–H groups in total. The van der Waals surface area contributed by atoms with Crippen LogP contribution in [0.2, 0.25) is 0 Å². The maximum absolute atomic E-state index is 13.1. The first-order chi connectivity index (χ1) is 11.3. The molecule has 1 nitrogen and oxygen atoms in total. The Morgan fingerprint density at radius 3 is 1.87 bits per heavy atom. The molecule has 0 heterocycles. The third kappa shape index (κ3) is 2.43. The van der Waals surface area contributed by atoms with Gasteiger partial charge in [-0.1, -0.05) is 76.6 Å². The van der Waals surface area contributed by atoms with Crippen LogP contribution in [-0.2, 0) is 0 Å². The van der Waals surface area contributed by atoms with E-state index in [1.165, 1.54) is 5.56 Å². The Hall–Kier alpha value is -2.19. The lowest BCUT2D eigenvalue weighted by atomic mass is 9.81. The van der Waals surface area contributed by atoms with Gasteiger partial charge < -0.3 is 0 Å². The summed E-state index contributed by atoms with van der Waals surface area (Å²) in [6.07, 6.45) is 0. The molecule has 1 aliphatic rings. The van der Waals surface area contributed by atoms with Crippen molar-refractivity contribution in [3.8, 4) is 0 Å². The van der Waals surface area contributed by atoms with Crippen molar-refractivity contribution in [3.63, 3.8) is 0 Å². The lowest BCUT2D eigenvalue weighted by molar-refractivity contribution is 0.0968. The zero-order chi connectivity index (χ0) is 15.8. The van der Waals surface area contributed by atoms with Gasteiger partial charge in [-0.3, -0.25) is 4.79 Å². The van der Waals surface area contributed by atoms with Crippen molar-refractivity contribution in [3.05, 3.63) is 106 Å². The van der Waals surface area contributed by atoms with Crippen LogP contribution >= 0.6 is 15.9 Å². The van der Waals surface area contributed by atoms with E-state index in [0.717, 1.165) is 21.2 Å². The average molecular weight is 363 g/mol. The summed E-state index contributed by atoms with van der Waals surface area (Å²) in [5.41, 5.74) is 4.23. The summed E-state index contributed by atoms with van der Waals surface area (Å²) in [5, 5.41) is 0. The van der Waals surface area contributed by atoms with Gasteiger partial charge in [-0.2, -0.15) is 0 Å². The van der Waals surface area contributed by atoms with Gasteiger partial charge in [0.1, 0.15) is 0 Å². The standard InChI is InChI=1S/C21H15BrO/c22-16-11-12-17-18(13-16)19(14-7-3-1-4-8-14)20(21(17)23)15-9-5-2-6-10-15/h1-13,19-20H. The van der Waals surface area contributed by atoms with E-state index in [1.807, 2.05) is 48.5 Å². The second-order valence-electron chi connectivity index (χ2n) is 5.87. The van der Waals surface area contributed by atoms with E-state index in [0.29, 0.717) is 0 Å². The number of hydrogen-bond donors (Lipinski definition) is 0. The fourth-order valence-electron chi connectivity index (χ4n) is 3.55. The van der Waals surface area contributed by atoms with Gasteiger partial charge in [0.05, 0.1) is 5.92 Å². The smallest absolute Gasteiger partial charge is 0.171 e. The van der Waals surface area contributed by atoms with Crippen molar-refractivity contribution in [2.75, 3.05) is 0 Å². The molecule has 0 fully saturated rings. The van der Waals surface area contributed by atoms with Crippen LogP contribution in [0.15, 0.2) is 83.3 Å². The molecular formula is C21H15BrO. The molecule has 4 rings (SSSR count). The van der Waals surface area contributed by atoms with Crippen LogP contribution in [0.25, 0.3) is 0 Å². The molecule has 3 aromatic rings. The molecule has 23 heavy (non-hydrogen) atoms. The van der Waals surface area contributed by atoms with Gasteiger partial charge in [-0.15, -0.1) is 0 Å². The van der Waals surface area contributed by atoms with Gasteiger partial charge in [0.25, 0.3) is 0 Å². The molecule has 0 radical (unpaired) electrons. The van der Waals surface area contributed by atoms with Crippen LogP contribution in [0.4, 0.5) is 0 Å². The zero-order valence-electron chi connectivity index (χ0n) is 12.4. The van der Waals surface area contributed by atoms with Gasteiger partial charge in [-0.25, -0.2) is 0 Å². The summed E-state index contributed by atoms with van der Waals surface area (Å²) >= 11 is 3.55. The van der Waals surface area contributed by atoms with E-state index < -0.39 is 0 Å². The molecule has 1 aliphatic carbocycles. The largest absolute Gasteiger partial charge is 0.293 e. The second kappa shape index (κ2) is 5.78. The highest BCUT2D eigenvalue weighted by atomic mass is 79.9. The Morgan fingerprint density at radius 1 is 0.696 bits per heavy atom. The van der Waals surface area contributed by atoms with E-state index in [-0.39, 0.29) is 17.6 Å². The minimum atomic E-state index is -0.150. The average Bonchev–Trinajstić information content (AvgIpc) is 2.88. The molecular weight excluding hydrogens is 348 g/mol. The first kappa shape index (κ1) is 14.4. The summed E-state index contributed by atoms with van der Waals surface area (Å²) in [5.74, 6) is 0.133. The third-order valence-corrected chi connectivity index (χ3v) is 5.04. The normalized spacial score (nSPS) is 19.6. The van der Waals surface area contributed by atoms with Gasteiger partial charge >= 0.3 is 0 Å². The molecule has 112 valence electrons. The molecule has 2 heteroatoms. The number of rotatable bonds is 2. The number of carbonyl (C=O) groups excluding carboxylic acids is 1. The van der Waals surface area contributed by atoms with Crippen LogP contribution in [0.5, 0.6) is 0 Å². The second-order valence-corrected chi connectivity index (χ2v) is 6.79. The number of ketones is 1. The van der Waals surface area contributed by atoms with Gasteiger partial charge in [0.2, 0.25) is 0 Å². The van der Waals surface area contributed by atoms with Crippen LogP contribution < -0.4 is 0 Å². The lowest BCUT2D eigenvalue weighted by Crippen LogP contribution is -2.12.